The van der Waals surface area contributed by atoms with E-state index in [0.717, 1.165) is 5.56 Å². The molecule has 45 heavy (non-hydrogen) atoms. The van der Waals surface area contributed by atoms with Crippen LogP contribution in [0.25, 0.3) is 0 Å². The Labute approximate surface area is 270 Å². The second kappa shape index (κ2) is 13.9. The molecule has 8 nitrogen and oxygen atoms in total. The van der Waals surface area contributed by atoms with Gasteiger partial charge in [0.1, 0.15) is 5.82 Å². The van der Waals surface area contributed by atoms with E-state index in [4.69, 9.17) is 22.1 Å². The summed E-state index contributed by atoms with van der Waals surface area (Å²) in [5, 5.41) is 6.83. The summed E-state index contributed by atoms with van der Waals surface area (Å²) in [7, 11) is -3.78. The van der Waals surface area contributed by atoms with E-state index in [2.05, 4.69) is 10.6 Å². The fourth-order valence-corrected chi connectivity index (χ4v) is 9.12. The van der Waals surface area contributed by atoms with Crippen LogP contribution < -0.4 is 16.4 Å². The van der Waals surface area contributed by atoms with Crippen LogP contribution in [0, 0.1) is 5.82 Å². The summed E-state index contributed by atoms with van der Waals surface area (Å²) < 4.78 is 50.3. The molecule has 0 radical (unpaired) electrons. The first-order chi connectivity index (χ1) is 21.4. The standard InChI is InChI=1S/C34H42ClFN4O4S/c1-22-20-38-21-27(40(22)45(42,43)28-8-5-4-6-9-28)16-17-29-30(36)10-7-11-31(29)39-33(41)32(37)34(18-23(2)44-24(3)19-34)25-12-14-26(35)15-13-25/h4-15,22-24,27,32,38H,16-21,37H2,1-3H3,(H,39,41)/t22-,23?,24?,27-,32?,34?/m0/s1. The minimum Gasteiger partial charge on any atom is -0.375 e. The van der Waals surface area contributed by atoms with E-state index in [1.165, 1.54) is 10.4 Å². The number of nitrogens with one attached hydrogen (secondary N) is 2. The molecule has 4 N–H and O–H groups in total. The third-order valence-corrected chi connectivity index (χ3v) is 11.4. The number of hydrogen-bond acceptors (Lipinski definition) is 6. The highest BCUT2D eigenvalue weighted by Crippen LogP contribution is 2.43. The van der Waals surface area contributed by atoms with Crippen molar-refractivity contribution in [1.82, 2.24) is 9.62 Å². The highest BCUT2D eigenvalue weighted by atomic mass is 35.5. The molecule has 0 aliphatic carbocycles. The molecule has 242 valence electrons. The number of amides is 1. The molecule has 0 aromatic heterocycles. The number of hydrogen-bond donors (Lipinski definition) is 3. The first kappa shape index (κ1) is 33.5. The monoisotopic (exact) mass is 656 g/mol. The van der Waals surface area contributed by atoms with Crippen LogP contribution in [0.15, 0.2) is 77.7 Å². The van der Waals surface area contributed by atoms with Gasteiger partial charge in [-0.1, -0.05) is 48.0 Å². The summed E-state index contributed by atoms with van der Waals surface area (Å²) in [4.78, 5) is 14.1. The molecule has 3 unspecified atom stereocenters. The topological polar surface area (TPSA) is 114 Å². The molecule has 2 aliphatic rings. The Morgan fingerprint density at radius 3 is 2.38 bits per heavy atom. The van der Waals surface area contributed by atoms with Gasteiger partial charge in [0.2, 0.25) is 15.9 Å². The van der Waals surface area contributed by atoms with Gasteiger partial charge in [-0.3, -0.25) is 4.79 Å². The lowest BCUT2D eigenvalue weighted by Crippen LogP contribution is -2.58. The summed E-state index contributed by atoms with van der Waals surface area (Å²) in [5.74, 6) is -0.907. The zero-order valence-electron chi connectivity index (χ0n) is 25.9. The van der Waals surface area contributed by atoms with Crippen molar-refractivity contribution in [3.8, 4) is 0 Å². The minimum atomic E-state index is -3.78. The van der Waals surface area contributed by atoms with Gasteiger partial charge >= 0.3 is 0 Å². The molecular weight excluding hydrogens is 615 g/mol. The van der Waals surface area contributed by atoms with Crippen LogP contribution in [-0.4, -0.2) is 62.1 Å². The van der Waals surface area contributed by atoms with E-state index >= 15 is 4.39 Å². The summed E-state index contributed by atoms with van der Waals surface area (Å²) >= 11 is 6.18. The highest BCUT2D eigenvalue weighted by Gasteiger charge is 2.47. The van der Waals surface area contributed by atoms with Gasteiger partial charge in [0.25, 0.3) is 0 Å². The summed E-state index contributed by atoms with van der Waals surface area (Å²) in [6, 6.07) is 18.6. The summed E-state index contributed by atoms with van der Waals surface area (Å²) in [5.41, 5.74) is 7.61. The van der Waals surface area contributed by atoms with Crippen molar-refractivity contribution in [2.75, 3.05) is 18.4 Å². The van der Waals surface area contributed by atoms with Crippen molar-refractivity contribution >= 4 is 33.2 Å². The normalized spacial score (nSPS) is 26.7. The number of carbonyl (C=O) groups is 1. The van der Waals surface area contributed by atoms with E-state index in [1.54, 1.807) is 54.6 Å². The number of sulfonamides is 1. The van der Waals surface area contributed by atoms with E-state index in [9.17, 15) is 13.2 Å². The van der Waals surface area contributed by atoms with Crippen molar-refractivity contribution in [3.05, 3.63) is 94.8 Å². The van der Waals surface area contributed by atoms with Gasteiger partial charge in [-0.25, -0.2) is 12.8 Å². The second-order valence-electron chi connectivity index (χ2n) is 12.4. The van der Waals surface area contributed by atoms with Crippen LogP contribution in [0.5, 0.6) is 0 Å². The van der Waals surface area contributed by atoms with E-state index < -0.39 is 39.2 Å². The zero-order chi connectivity index (χ0) is 32.4. The lowest BCUT2D eigenvalue weighted by molar-refractivity contribution is -0.122. The van der Waals surface area contributed by atoms with Gasteiger partial charge in [0.15, 0.2) is 0 Å². The smallest absolute Gasteiger partial charge is 0.243 e. The van der Waals surface area contributed by atoms with Gasteiger partial charge in [0, 0.05) is 46.9 Å². The molecule has 2 saturated heterocycles. The number of carbonyl (C=O) groups excluding carboxylic acids is 1. The molecule has 5 atom stereocenters. The quantitative estimate of drug-likeness (QED) is 0.290. The molecule has 0 saturated carbocycles. The Morgan fingerprint density at radius 1 is 1.04 bits per heavy atom. The van der Waals surface area contributed by atoms with Crippen molar-refractivity contribution in [2.24, 2.45) is 5.73 Å². The van der Waals surface area contributed by atoms with Crippen molar-refractivity contribution < 1.29 is 22.3 Å². The van der Waals surface area contributed by atoms with Crippen LogP contribution in [0.2, 0.25) is 5.02 Å². The Kier molecular flexibility index (Phi) is 10.3. The molecule has 0 spiro atoms. The number of ether oxygens (including phenoxy) is 1. The van der Waals surface area contributed by atoms with Crippen LogP contribution in [0.1, 0.15) is 51.2 Å². The average molecular weight is 657 g/mol. The predicted molar refractivity (Wildman–Crippen MR) is 175 cm³/mol. The third kappa shape index (κ3) is 7.11. The number of halogens is 2. The third-order valence-electron chi connectivity index (χ3n) is 9.10. The Morgan fingerprint density at radius 2 is 1.71 bits per heavy atom. The van der Waals surface area contributed by atoms with Crippen LogP contribution in [-0.2, 0) is 31.4 Å². The van der Waals surface area contributed by atoms with Gasteiger partial charge in [-0.15, -0.1) is 0 Å². The molecule has 1 amide bonds. The van der Waals surface area contributed by atoms with E-state index in [0.29, 0.717) is 48.6 Å². The largest absolute Gasteiger partial charge is 0.375 e. The lowest BCUT2D eigenvalue weighted by atomic mass is 9.66. The van der Waals surface area contributed by atoms with Gasteiger partial charge in [0.05, 0.1) is 23.1 Å². The van der Waals surface area contributed by atoms with E-state index in [-0.39, 0.29) is 29.6 Å². The maximum Gasteiger partial charge on any atom is 0.243 e. The Hall–Kier alpha value is -2.86. The highest BCUT2D eigenvalue weighted by molar-refractivity contribution is 7.89. The maximum atomic E-state index is 15.4. The van der Waals surface area contributed by atoms with Crippen molar-refractivity contribution in [3.63, 3.8) is 0 Å². The van der Waals surface area contributed by atoms with Crippen molar-refractivity contribution in [2.45, 2.75) is 87.1 Å². The maximum absolute atomic E-state index is 15.4. The van der Waals surface area contributed by atoms with E-state index in [1.807, 2.05) is 32.9 Å². The fraction of sp³-hybridized carbons (Fsp3) is 0.441. The summed E-state index contributed by atoms with van der Waals surface area (Å²) in [6.45, 7) is 6.75. The number of benzene rings is 3. The lowest BCUT2D eigenvalue weighted by Gasteiger charge is -2.46. The molecular formula is C34H42ClFN4O4S. The number of nitrogens with two attached hydrogens (primary N) is 1. The van der Waals surface area contributed by atoms with Gasteiger partial charge in [-0.2, -0.15) is 4.31 Å². The van der Waals surface area contributed by atoms with Gasteiger partial charge < -0.3 is 21.1 Å². The number of piperazine rings is 1. The molecule has 2 fully saturated rings. The number of nitrogens with zero attached hydrogens (tertiary/aromatic N) is 1. The Balaban J connectivity index is 1.39. The molecule has 11 heteroatoms. The molecule has 3 aromatic carbocycles. The number of anilines is 1. The van der Waals surface area contributed by atoms with Crippen LogP contribution in [0.4, 0.5) is 10.1 Å². The van der Waals surface area contributed by atoms with Crippen LogP contribution >= 0.6 is 11.6 Å². The molecule has 2 heterocycles. The second-order valence-corrected chi connectivity index (χ2v) is 14.7. The van der Waals surface area contributed by atoms with Crippen molar-refractivity contribution in [1.29, 1.82) is 0 Å². The van der Waals surface area contributed by atoms with Gasteiger partial charge in [-0.05, 0) is 88.4 Å². The first-order valence-corrected chi connectivity index (χ1v) is 17.3. The fourth-order valence-electron chi connectivity index (χ4n) is 7.13. The molecule has 3 aromatic rings. The predicted octanol–water partition coefficient (Wildman–Crippen LogP) is 5.25. The Bertz CT molecular complexity index is 1580. The minimum absolute atomic E-state index is 0.130. The molecule has 0 bridgehead atoms. The summed E-state index contributed by atoms with van der Waals surface area (Å²) in [6.07, 6.45) is 1.36. The molecule has 2 aliphatic heterocycles. The zero-order valence-corrected chi connectivity index (χ0v) is 27.5. The first-order valence-electron chi connectivity index (χ1n) is 15.5. The number of rotatable bonds is 9. The SMILES string of the molecule is CC1CC(c2ccc(Cl)cc2)(C(N)C(=O)Nc2cccc(F)c2CC[C@H]2CNC[C@H](C)N2S(=O)(=O)c2ccccc2)CC(C)O1. The van der Waals surface area contributed by atoms with Crippen LogP contribution in [0.3, 0.4) is 0 Å². The average Bonchev–Trinajstić information content (AvgIpc) is 3.00. The molecule has 5 rings (SSSR count).